The minimum atomic E-state index is -1.00. The number of aliphatic hydroxyl groups excluding tert-OH is 1. The van der Waals surface area contributed by atoms with Crippen LogP contribution in [0.3, 0.4) is 0 Å². The van der Waals surface area contributed by atoms with Gasteiger partial charge in [-0.2, -0.15) is 0 Å². The lowest BCUT2D eigenvalue weighted by Crippen LogP contribution is -2.42. The van der Waals surface area contributed by atoms with Gasteiger partial charge in [0.15, 0.2) is 5.78 Å². The van der Waals surface area contributed by atoms with Gasteiger partial charge in [0.05, 0.1) is 12.0 Å². The third-order valence-corrected chi connectivity index (χ3v) is 3.11. The number of hydrogen-bond donors (Lipinski definition) is 2. The summed E-state index contributed by atoms with van der Waals surface area (Å²) >= 11 is 0. The van der Waals surface area contributed by atoms with Crippen LogP contribution in [0.5, 0.6) is 0 Å². The molecular formula is C11H12O4. The number of carboxylic acids is 1. The molecule has 0 radical (unpaired) electrons. The summed E-state index contributed by atoms with van der Waals surface area (Å²) < 4.78 is 0. The molecule has 0 saturated carbocycles. The van der Waals surface area contributed by atoms with E-state index in [1.165, 1.54) is 12.2 Å². The van der Waals surface area contributed by atoms with Gasteiger partial charge in [-0.05, 0) is 12.5 Å². The van der Waals surface area contributed by atoms with E-state index < -0.39 is 23.9 Å². The lowest BCUT2D eigenvalue weighted by Gasteiger charge is -2.35. The molecule has 0 amide bonds. The van der Waals surface area contributed by atoms with Gasteiger partial charge < -0.3 is 10.2 Å². The first-order valence-corrected chi connectivity index (χ1v) is 4.91. The highest BCUT2D eigenvalue weighted by Crippen LogP contribution is 2.36. The van der Waals surface area contributed by atoms with Crippen LogP contribution < -0.4 is 0 Å². The minimum Gasteiger partial charge on any atom is -0.481 e. The van der Waals surface area contributed by atoms with Crippen molar-refractivity contribution in [1.29, 1.82) is 0 Å². The maximum Gasteiger partial charge on any atom is 0.311 e. The van der Waals surface area contributed by atoms with Crippen molar-refractivity contribution in [3.63, 3.8) is 0 Å². The molecule has 0 aromatic heterocycles. The largest absolute Gasteiger partial charge is 0.481 e. The summed E-state index contributed by atoms with van der Waals surface area (Å²) in [5, 5.41) is 18.6. The number of carboxylic acid groups (broad SMARTS) is 1. The van der Waals surface area contributed by atoms with E-state index in [9.17, 15) is 14.7 Å². The molecule has 2 aliphatic rings. The van der Waals surface area contributed by atoms with E-state index in [0.29, 0.717) is 6.42 Å². The molecule has 80 valence electrons. The molecule has 4 atom stereocenters. The maximum atomic E-state index is 11.6. The number of allylic oxidation sites excluding steroid dienone is 2. The second-order valence-corrected chi connectivity index (χ2v) is 3.97. The number of ketones is 1. The van der Waals surface area contributed by atoms with E-state index in [0.717, 1.165) is 0 Å². The fourth-order valence-electron chi connectivity index (χ4n) is 2.34. The Hall–Kier alpha value is -1.42. The Kier molecular flexibility index (Phi) is 2.44. The van der Waals surface area contributed by atoms with Crippen molar-refractivity contribution in [2.45, 2.75) is 12.5 Å². The first-order chi connectivity index (χ1) is 7.11. The van der Waals surface area contributed by atoms with Crippen LogP contribution in [0.2, 0.25) is 0 Å². The van der Waals surface area contributed by atoms with Crippen molar-refractivity contribution < 1.29 is 19.8 Å². The van der Waals surface area contributed by atoms with Crippen molar-refractivity contribution in [2.24, 2.45) is 17.8 Å². The lowest BCUT2D eigenvalue weighted by atomic mass is 9.69. The van der Waals surface area contributed by atoms with Crippen LogP contribution >= 0.6 is 0 Å². The molecular weight excluding hydrogens is 196 g/mol. The van der Waals surface area contributed by atoms with Gasteiger partial charge in [-0.3, -0.25) is 9.59 Å². The summed E-state index contributed by atoms with van der Waals surface area (Å²) in [4.78, 5) is 22.5. The zero-order valence-corrected chi connectivity index (χ0v) is 8.04. The van der Waals surface area contributed by atoms with E-state index in [1.54, 1.807) is 12.2 Å². The molecule has 0 unspecified atom stereocenters. The Morgan fingerprint density at radius 3 is 2.80 bits per heavy atom. The Morgan fingerprint density at radius 1 is 1.40 bits per heavy atom. The maximum absolute atomic E-state index is 11.6. The van der Waals surface area contributed by atoms with E-state index in [4.69, 9.17) is 5.11 Å². The number of carbonyl (C=O) groups is 2. The number of carbonyl (C=O) groups excluding carboxylic acids is 1. The fourth-order valence-corrected chi connectivity index (χ4v) is 2.34. The van der Waals surface area contributed by atoms with Crippen LogP contribution in [-0.4, -0.2) is 28.1 Å². The van der Waals surface area contributed by atoms with Gasteiger partial charge in [0, 0.05) is 11.8 Å². The normalized spacial score (nSPS) is 38.9. The Labute approximate surface area is 86.9 Å². The number of hydrogen-bond acceptors (Lipinski definition) is 3. The predicted octanol–water partition coefficient (Wildman–Crippen LogP) is 0.379. The van der Waals surface area contributed by atoms with Gasteiger partial charge in [0.1, 0.15) is 0 Å². The predicted molar refractivity (Wildman–Crippen MR) is 52.0 cm³/mol. The number of fused-ring (bicyclic) bond motifs is 1. The smallest absolute Gasteiger partial charge is 0.311 e. The van der Waals surface area contributed by atoms with E-state index >= 15 is 0 Å². The van der Waals surface area contributed by atoms with Gasteiger partial charge in [0.2, 0.25) is 0 Å². The van der Waals surface area contributed by atoms with Crippen molar-refractivity contribution in [1.82, 2.24) is 0 Å². The summed E-state index contributed by atoms with van der Waals surface area (Å²) in [7, 11) is 0. The van der Waals surface area contributed by atoms with E-state index in [1.807, 2.05) is 0 Å². The van der Waals surface area contributed by atoms with Crippen LogP contribution in [-0.2, 0) is 9.59 Å². The Morgan fingerprint density at radius 2 is 2.13 bits per heavy atom. The van der Waals surface area contributed by atoms with Crippen LogP contribution in [0.4, 0.5) is 0 Å². The molecule has 2 aliphatic carbocycles. The van der Waals surface area contributed by atoms with Gasteiger partial charge in [-0.1, -0.05) is 18.2 Å². The lowest BCUT2D eigenvalue weighted by molar-refractivity contribution is -0.146. The van der Waals surface area contributed by atoms with Crippen molar-refractivity contribution in [2.75, 3.05) is 0 Å². The molecule has 2 N–H and O–H groups in total. The van der Waals surface area contributed by atoms with Gasteiger partial charge in [-0.15, -0.1) is 0 Å². The zero-order chi connectivity index (χ0) is 11.0. The van der Waals surface area contributed by atoms with Gasteiger partial charge in [0.25, 0.3) is 0 Å². The van der Waals surface area contributed by atoms with Crippen LogP contribution in [0, 0.1) is 17.8 Å². The molecule has 0 aliphatic heterocycles. The molecule has 4 nitrogen and oxygen atoms in total. The highest BCUT2D eigenvalue weighted by atomic mass is 16.4. The number of aliphatic carboxylic acids is 1. The highest BCUT2D eigenvalue weighted by molar-refractivity contribution is 5.96. The second kappa shape index (κ2) is 3.62. The first kappa shape index (κ1) is 10.1. The molecule has 4 heteroatoms. The summed E-state index contributed by atoms with van der Waals surface area (Å²) in [6, 6.07) is 0. The SMILES string of the molecule is O=C1C=C[C@@H](O)[C@@H]2CC=C[C@@H](C(=O)O)[C@@H]12. The second-order valence-electron chi connectivity index (χ2n) is 3.97. The summed E-state index contributed by atoms with van der Waals surface area (Å²) in [5.41, 5.74) is 0. The molecule has 0 aromatic carbocycles. The monoisotopic (exact) mass is 208 g/mol. The van der Waals surface area contributed by atoms with Crippen LogP contribution in [0.1, 0.15) is 6.42 Å². The molecule has 2 rings (SSSR count). The summed E-state index contributed by atoms with van der Waals surface area (Å²) in [6.07, 6.45) is 5.87. The number of aliphatic hydroxyl groups is 1. The fraction of sp³-hybridized carbons (Fsp3) is 0.455. The number of rotatable bonds is 1. The Bertz CT molecular complexity index is 356. The topological polar surface area (TPSA) is 74.6 Å². The van der Waals surface area contributed by atoms with Gasteiger partial charge in [-0.25, -0.2) is 0 Å². The molecule has 0 saturated heterocycles. The molecule has 0 aromatic rings. The summed E-state index contributed by atoms with van der Waals surface area (Å²) in [6.45, 7) is 0. The van der Waals surface area contributed by atoms with Crippen molar-refractivity contribution in [3.05, 3.63) is 24.3 Å². The molecule has 0 spiro atoms. The van der Waals surface area contributed by atoms with Crippen LogP contribution in [0.15, 0.2) is 24.3 Å². The molecule has 0 bridgehead atoms. The first-order valence-electron chi connectivity index (χ1n) is 4.91. The van der Waals surface area contributed by atoms with E-state index in [-0.39, 0.29) is 11.7 Å². The van der Waals surface area contributed by atoms with Crippen molar-refractivity contribution in [3.8, 4) is 0 Å². The standard InChI is InChI=1S/C11H12O4/c12-8-4-5-9(13)10-6(8)2-1-3-7(10)11(14)15/h1,3-8,10,12H,2H2,(H,14,15)/t6-,7+,8+,10-/m0/s1. The summed E-state index contributed by atoms with van der Waals surface area (Å²) in [5.74, 6) is -2.88. The zero-order valence-electron chi connectivity index (χ0n) is 8.04. The quantitative estimate of drug-likeness (QED) is 0.611. The van der Waals surface area contributed by atoms with E-state index in [2.05, 4.69) is 0 Å². The minimum absolute atomic E-state index is 0.193. The Balaban J connectivity index is 2.36. The highest BCUT2D eigenvalue weighted by Gasteiger charge is 2.43. The molecule has 0 heterocycles. The third-order valence-electron chi connectivity index (χ3n) is 3.11. The van der Waals surface area contributed by atoms with Crippen molar-refractivity contribution >= 4 is 11.8 Å². The van der Waals surface area contributed by atoms with Crippen LogP contribution in [0.25, 0.3) is 0 Å². The van der Waals surface area contributed by atoms with Gasteiger partial charge >= 0.3 is 5.97 Å². The third kappa shape index (κ3) is 1.61. The molecule has 15 heavy (non-hydrogen) atoms. The average molecular weight is 208 g/mol. The molecule has 0 fully saturated rings. The average Bonchev–Trinajstić information content (AvgIpc) is 2.23.